The number of amides is 1. The molecule has 0 bridgehead atoms. The molecule has 31 heavy (non-hydrogen) atoms. The van der Waals surface area contributed by atoms with Crippen LogP contribution in [0.2, 0.25) is 0 Å². The standard InChI is InChI=1S/C23H26N4O3S/c28-22(25-19-11-5-2-6-12-19)15-16-27(24-17-18-9-3-1-4-10-18)23-20-13-7-8-14-21(20)31(29,30)26-23/h1,3-4,7-10,13-14,17,19H,2,5-6,11-12,15-16H2,(H,25,28)/b24-17+. The van der Waals surface area contributed by atoms with Gasteiger partial charge in [0.1, 0.15) is 4.90 Å². The van der Waals surface area contributed by atoms with E-state index in [0.717, 1.165) is 31.2 Å². The third-order valence-corrected chi connectivity index (χ3v) is 6.85. The number of hydrazone groups is 1. The second kappa shape index (κ2) is 9.43. The first-order valence-electron chi connectivity index (χ1n) is 10.6. The molecule has 2 aliphatic rings. The van der Waals surface area contributed by atoms with Gasteiger partial charge in [0, 0.05) is 18.0 Å². The van der Waals surface area contributed by atoms with Crippen molar-refractivity contribution in [3.63, 3.8) is 0 Å². The van der Waals surface area contributed by atoms with Gasteiger partial charge < -0.3 is 5.32 Å². The summed E-state index contributed by atoms with van der Waals surface area (Å²) in [5.41, 5.74) is 1.37. The monoisotopic (exact) mass is 438 g/mol. The average molecular weight is 439 g/mol. The number of amidine groups is 1. The van der Waals surface area contributed by atoms with E-state index in [9.17, 15) is 13.2 Å². The minimum absolute atomic E-state index is 0.0541. The molecule has 0 radical (unpaired) electrons. The van der Waals surface area contributed by atoms with Crippen molar-refractivity contribution < 1.29 is 13.2 Å². The SMILES string of the molecule is O=C(CCN(/N=C/c1ccccc1)C1=NS(=O)(=O)c2ccccc21)NC1CCCCC1. The van der Waals surface area contributed by atoms with Gasteiger partial charge in [0.05, 0.1) is 12.8 Å². The lowest BCUT2D eigenvalue weighted by molar-refractivity contribution is -0.122. The van der Waals surface area contributed by atoms with Crippen LogP contribution < -0.4 is 5.32 Å². The van der Waals surface area contributed by atoms with Crippen molar-refractivity contribution in [3.8, 4) is 0 Å². The lowest BCUT2D eigenvalue weighted by Crippen LogP contribution is -2.38. The number of fused-ring (bicyclic) bond motifs is 1. The summed E-state index contributed by atoms with van der Waals surface area (Å²) in [4.78, 5) is 12.7. The van der Waals surface area contributed by atoms with Crippen LogP contribution >= 0.6 is 0 Å². The van der Waals surface area contributed by atoms with E-state index in [4.69, 9.17) is 0 Å². The predicted octanol–water partition coefficient (Wildman–Crippen LogP) is 3.31. The van der Waals surface area contributed by atoms with E-state index in [-0.39, 0.29) is 35.6 Å². The molecule has 2 aromatic rings. The van der Waals surface area contributed by atoms with Crippen LogP contribution in [0.5, 0.6) is 0 Å². The van der Waals surface area contributed by atoms with Crippen LogP contribution in [0.3, 0.4) is 0 Å². The fraction of sp³-hybridized carbons (Fsp3) is 0.348. The van der Waals surface area contributed by atoms with Crippen LogP contribution in [0.15, 0.2) is 69.0 Å². The second-order valence-corrected chi connectivity index (χ2v) is 9.39. The first kappa shape index (κ1) is 21.2. The van der Waals surface area contributed by atoms with Crippen molar-refractivity contribution in [3.05, 3.63) is 65.7 Å². The zero-order valence-electron chi connectivity index (χ0n) is 17.3. The van der Waals surface area contributed by atoms with E-state index in [1.165, 1.54) is 17.5 Å². The Morgan fingerprint density at radius 2 is 1.77 bits per heavy atom. The molecule has 0 atom stereocenters. The van der Waals surface area contributed by atoms with Crippen molar-refractivity contribution >= 4 is 28.0 Å². The van der Waals surface area contributed by atoms with E-state index in [0.29, 0.717) is 5.56 Å². The molecular weight excluding hydrogens is 412 g/mol. The topological polar surface area (TPSA) is 91.2 Å². The molecule has 1 N–H and O–H groups in total. The maximum absolute atomic E-state index is 12.5. The van der Waals surface area contributed by atoms with Gasteiger partial charge in [-0.2, -0.15) is 13.5 Å². The number of rotatable bonds is 6. The van der Waals surface area contributed by atoms with Gasteiger partial charge >= 0.3 is 0 Å². The van der Waals surface area contributed by atoms with Crippen molar-refractivity contribution in [2.75, 3.05) is 6.54 Å². The average Bonchev–Trinajstić information content (AvgIpc) is 3.06. The summed E-state index contributed by atoms with van der Waals surface area (Å²) in [6.45, 7) is 0.227. The zero-order chi connectivity index (χ0) is 21.7. The van der Waals surface area contributed by atoms with Crippen LogP contribution in [-0.4, -0.2) is 44.0 Å². The molecule has 0 unspecified atom stereocenters. The molecule has 4 rings (SSSR count). The van der Waals surface area contributed by atoms with Gasteiger partial charge in [0.25, 0.3) is 10.0 Å². The highest BCUT2D eigenvalue weighted by molar-refractivity contribution is 7.90. The summed E-state index contributed by atoms with van der Waals surface area (Å²) < 4.78 is 29.0. The summed E-state index contributed by atoms with van der Waals surface area (Å²) in [6, 6.07) is 16.4. The molecule has 1 aliphatic carbocycles. The molecule has 1 fully saturated rings. The number of carbonyl (C=O) groups excluding carboxylic acids is 1. The summed E-state index contributed by atoms with van der Waals surface area (Å²) in [6.07, 6.45) is 7.38. The van der Waals surface area contributed by atoms with E-state index in [2.05, 4.69) is 14.8 Å². The molecule has 7 nitrogen and oxygen atoms in total. The third-order valence-electron chi connectivity index (χ3n) is 5.52. The van der Waals surface area contributed by atoms with Crippen LogP contribution in [0.1, 0.15) is 49.7 Å². The Morgan fingerprint density at radius 3 is 2.55 bits per heavy atom. The molecule has 8 heteroatoms. The molecule has 2 aromatic carbocycles. The van der Waals surface area contributed by atoms with Gasteiger partial charge in [-0.1, -0.05) is 61.7 Å². The molecule has 1 heterocycles. The highest BCUT2D eigenvalue weighted by Gasteiger charge is 2.32. The van der Waals surface area contributed by atoms with Gasteiger partial charge in [0.2, 0.25) is 5.91 Å². The van der Waals surface area contributed by atoms with E-state index >= 15 is 0 Å². The highest BCUT2D eigenvalue weighted by Crippen LogP contribution is 2.27. The Morgan fingerprint density at radius 1 is 1.06 bits per heavy atom. The molecule has 1 aliphatic heterocycles. The van der Waals surface area contributed by atoms with Crippen molar-refractivity contribution in [1.29, 1.82) is 0 Å². The number of nitrogens with zero attached hydrogens (tertiary/aromatic N) is 3. The van der Waals surface area contributed by atoms with Gasteiger partial charge in [-0.05, 0) is 30.5 Å². The third kappa shape index (κ3) is 5.19. The number of hydrogen-bond donors (Lipinski definition) is 1. The number of hydrogen-bond acceptors (Lipinski definition) is 5. The van der Waals surface area contributed by atoms with Crippen LogP contribution in [0, 0.1) is 0 Å². The normalized spacial score (nSPS) is 17.9. The van der Waals surface area contributed by atoms with Gasteiger partial charge in [-0.25, -0.2) is 5.01 Å². The van der Waals surface area contributed by atoms with Gasteiger partial charge in [-0.3, -0.25) is 4.79 Å². The molecule has 1 saturated carbocycles. The summed E-state index contributed by atoms with van der Waals surface area (Å²) in [5.74, 6) is 0.190. The smallest absolute Gasteiger partial charge is 0.285 e. The molecular formula is C23H26N4O3S. The minimum atomic E-state index is -3.77. The fourth-order valence-corrected chi connectivity index (χ4v) is 5.13. The van der Waals surface area contributed by atoms with Gasteiger partial charge in [0.15, 0.2) is 5.84 Å². The fourth-order valence-electron chi connectivity index (χ4n) is 3.92. The first-order valence-corrected chi connectivity index (χ1v) is 12.1. The number of benzene rings is 2. The maximum Gasteiger partial charge on any atom is 0.285 e. The molecule has 1 amide bonds. The number of nitrogens with one attached hydrogen (secondary N) is 1. The molecule has 0 aromatic heterocycles. The Hall–Kier alpha value is -3.00. The Labute approximate surface area is 182 Å². The first-order chi connectivity index (χ1) is 15.0. The Kier molecular flexibility index (Phi) is 6.46. The summed E-state index contributed by atoms with van der Waals surface area (Å²) >= 11 is 0. The molecule has 0 saturated heterocycles. The van der Waals surface area contributed by atoms with Crippen LogP contribution in [0.25, 0.3) is 0 Å². The van der Waals surface area contributed by atoms with E-state index in [1.54, 1.807) is 24.4 Å². The van der Waals surface area contributed by atoms with E-state index in [1.807, 2.05) is 30.3 Å². The quantitative estimate of drug-likeness (QED) is 0.553. The molecule has 0 spiro atoms. The van der Waals surface area contributed by atoms with E-state index < -0.39 is 10.0 Å². The predicted molar refractivity (Wildman–Crippen MR) is 121 cm³/mol. The Bertz CT molecular complexity index is 1090. The summed E-state index contributed by atoms with van der Waals surface area (Å²) in [5, 5.41) is 9.10. The summed E-state index contributed by atoms with van der Waals surface area (Å²) in [7, 11) is -3.77. The Balaban J connectivity index is 1.54. The van der Waals surface area contributed by atoms with Gasteiger partial charge in [-0.15, -0.1) is 4.40 Å². The zero-order valence-corrected chi connectivity index (χ0v) is 18.1. The van der Waals surface area contributed by atoms with Crippen molar-refractivity contribution in [2.24, 2.45) is 9.50 Å². The lowest BCUT2D eigenvalue weighted by atomic mass is 9.95. The molecule has 162 valence electrons. The van der Waals surface area contributed by atoms with Crippen LogP contribution in [0.4, 0.5) is 0 Å². The number of carbonyl (C=O) groups is 1. The maximum atomic E-state index is 12.5. The van der Waals surface area contributed by atoms with Crippen LogP contribution in [-0.2, 0) is 14.8 Å². The minimum Gasteiger partial charge on any atom is -0.353 e. The number of sulfonamides is 1. The van der Waals surface area contributed by atoms with Crippen molar-refractivity contribution in [1.82, 2.24) is 10.3 Å². The second-order valence-electron chi connectivity index (χ2n) is 7.82. The lowest BCUT2D eigenvalue weighted by Gasteiger charge is -2.24. The highest BCUT2D eigenvalue weighted by atomic mass is 32.2. The van der Waals surface area contributed by atoms with Crippen molar-refractivity contribution in [2.45, 2.75) is 49.5 Å². The largest absolute Gasteiger partial charge is 0.353 e.